The van der Waals surface area contributed by atoms with Gasteiger partial charge in [-0.05, 0) is 75.1 Å². The van der Waals surface area contributed by atoms with Crippen molar-refractivity contribution in [2.75, 3.05) is 0 Å². The van der Waals surface area contributed by atoms with Gasteiger partial charge in [0, 0.05) is 16.9 Å². The first-order valence-corrected chi connectivity index (χ1v) is 10.8. The second-order valence-electron chi connectivity index (χ2n) is 8.44. The Morgan fingerprint density at radius 1 is 1.16 bits per heavy atom. The van der Waals surface area contributed by atoms with Crippen LogP contribution in [0.4, 0.5) is 22.0 Å². The number of rotatable bonds is 6. The molecule has 0 bridgehead atoms. The van der Waals surface area contributed by atoms with Gasteiger partial charge < -0.3 is 9.66 Å². The Labute approximate surface area is 186 Å². The Kier molecular flexibility index (Phi) is 7.63. The summed E-state index contributed by atoms with van der Waals surface area (Å²) in [6.45, 7) is 7.67. The molecule has 0 fully saturated rings. The van der Waals surface area contributed by atoms with E-state index in [0.717, 1.165) is 6.07 Å². The topological polar surface area (TPSA) is 72.4 Å². The fraction of sp³-hybridized carbons (Fsp3) is 0.409. The molecule has 0 aliphatic carbocycles. The van der Waals surface area contributed by atoms with Crippen molar-refractivity contribution in [2.24, 2.45) is 0 Å². The molecule has 2 atom stereocenters. The zero-order valence-electron chi connectivity index (χ0n) is 18.2. The Bertz CT molecular complexity index is 1020. The summed E-state index contributed by atoms with van der Waals surface area (Å²) in [4.78, 5) is 11.4. The molecule has 2 N–H and O–H groups in total. The van der Waals surface area contributed by atoms with Gasteiger partial charge in [0.1, 0.15) is 16.4 Å². The second kappa shape index (κ2) is 9.36. The number of aryl methyl sites for hydroxylation is 1. The van der Waals surface area contributed by atoms with Crippen LogP contribution in [-0.4, -0.2) is 20.4 Å². The lowest BCUT2D eigenvalue weighted by Crippen LogP contribution is -2.42. The quantitative estimate of drug-likeness (QED) is 0.405. The van der Waals surface area contributed by atoms with Crippen molar-refractivity contribution < 1.29 is 36.4 Å². The molecule has 0 amide bonds. The van der Waals surface area contributed by atoms with Crippen LogP contribution in [0, 0.1) is 25.5 Å². The van der Waals surface area contributed by atoms with Gasteiger partial charge in [-0.3, -0.25) is 4.79 Å². The van der Waals surface area contributed by atoms with E-state index in [9.17, 15) is 32.0 Å². The van der Waals surface area contributed by atoms with E-state index in [-0.39, 0.29) is 16.7 Å². The molecule has 2 aromatic rings. The molecule has 32 heavy (non-hydrogen) atoms. The van der Waals surface area contributed by atoms with Crippen LogP contribution >= 0.6 is 0 Å². The molecule has 2 rings (SSSR count). The Balaban J connectivity index is 2.82. The summed E-state index contributed by atoms with van der Waals surface area (Å²) in [7, 11) is 0. The summed E-state index contributed by atoms with van der Waals surface area (Å²) < 4.78 is 84.3. The van der Waals surface area contributed by atoms with E-state index in [2.05, 4.69) is 4.72 Å². The van der Waals surface area contributed by atoms with Crippen molar-refractivity contribution >= 4 is 17.3 Å². The average molecular weight is 477 g/mol. The lowest BCUT2D eigenvalue weighted by atomic mass is 9.90. The molecule has 0 saturated carbocycles. The van der Waals surface area contributed by atoms with E-state index in [1.807, 2.05) is 0 Å². The smallest absolute Gasteiger partial charge is 0.419 e. The van der Waals surface area contributed by atoms with Gasteiger partial charge in [-0.2, -0.15) is 13.2 Å². The van der Waals surface area contributed by atoms with Crippen LogP contribution in [0.1, 0.15) is 55.5 Å². The predicted molar refractivity (Wildman–Crippen MR) is 112 cm³/mol. The fourth-order valence-corrected chi connectivity index (χ4v) is 4.03. The van der Waals surface area contributed by atoms with Crippen LogP contribution in [0.5, 0.6) is 0 Å². The third kappa shape index (κ3) is 5.79. The van der Waals surface area contributed by atoms with Crippen LogP contribution in [-0.2, 0) is 22.3 Å². The van der Waals surface area contributed by atoms with Crippen molar-refractivity contribution in [3.8, 4) is 11.1 Å². The van der Waals surface area contributed by atoms with E-state index in [4.69, 9.17) is 0 Å². The number of benzene rings is 2. The van der Waals surface area contributed by atoms with Crippen LogP contribution in [0.3, 0.4) is 0 Å². The Morgan fingerprint density at radius 2 is 1.75 bits per heavy atom. The number of hydrogen-bond donors (Lipinski definition) is 2. The summed E-state index contributed by atoms with van der Waals surface area (Å²) >= 11 is -1.91. The van der Waals surface area contributed by atoms with Gasteiger partial charge in [0.15, 0.2) is 0 Å². The van der Waals surface area contributed by atoms with Gasteiger partial charge in [-0.15, -0.1) is 4.72 Å². The SMILES string of the molecule is Cc1ccc(F)c(C)c1-c1cc(C(CC(=O)O)N[S+]([O-])C(C)(C)C)c(F)c(C(F)(F)F)c1. The van der Waals surface area contributed by atoms with E-state index in [1.165, 1.54) is 19.1 Å². The Hall–Kier alpha value is -2.17. The van der Waals surface area contributed by atoms with Gasteiger partial charge >= 0.3 is 12.1 Å². The van der Waals surface area contributed by atoms with E-state index in [0.29, 0.717) is 11.6 Å². The molecule has 2 aromatic carbocycles. The van der Waals surface area contributed by atoms with Gasteiger partial charge in [0.2, 0.25) is 0 Å². The summed E-state index contributed by atoms with van der Waals surface area (Å²) in [5.74, 6) is -3.75. The first kappa shape index (κ1) is 26.1. The number of aliphatic carboxylic acids is 1. The number of halogens is 5. The second-order valence-corrected chi connectivity index (χ2v) is 10.4. The molecule has 176 valence electrons. The highest BCUT2D eigenvalue weighted by molar-refractivity contribution is 7.90. The number of hydrogen-bond acceptors (Lipinski definition) is 3. The molecule has 0 aromatic heterocycles. The zero-order valence-corrected chi connectivity index (χ0v) is 19.0. The summed E-state index contributed by atoms with van der Waals surface area (Å²) in [5, 5.41) is 9.26. The summed E-state index contributed by atoms with van der Waals surface area (Å²) in [6.07, 6.45) is -5.92. The van der Waals surface area contributed by atoms with Crippen molar-refractivity contribution in [2.45, 2.75) is 58.0 Å². The maximum atomic E-state index is 15.1. The monoisotopic (exact) mass is 477 g/mol. The normalized spacial score (nSPS) is 14.3. The van der Waals surface area contributed by atoms with Crippen LogP contribution < -0.4 is 4.72 Å². The molecule has 0 aliphatic rings. The minimum Gasteiger partial charge on any atom is -0.598 e. The van der Waals surface area contributed by atoms with E-state index in [1.54, 1.807) is 27.7 Å². The molecule has 0 aliphatic heterocycles. The molecule has 0 saturated heterocycles. The number of carbonyl (C=O) groups is 1. The molecule has 0 heterocycles. The van der Waals surface area contributed by atoms with Gasteiger partial charge in [0.25, 0.3) is 0 Å². The highest BCUT2D eigenvalue weighted by Gasteiger charge is 2.39. The molecule has 0 spiro atoms. The highest BCUT2D eigenvalue weighted by Crippen LogP contribution is 2.40. The molecule has 2 unspecified atom stereocenters. The zero-order chi connectivity index (χ0) is 24.6. The third-order valence-corrected chi connectivity index (χ3v) is 6.47. The van der Waals surface area contributed by atoms with Crippen LogP contribution in [0.25, 0.3) is 11.1 Å². The number of carboxylic acids is 1. The largest absolute Gasteiger partial charge is 0.598 e. The van der Waals surface area contributed by atoms with E-state index >= 15 is 4.39 Å². The van der Waals surface area contributed by atoms with Gasteiger partial charge in [-0.25, -0.2) is 8.78 Å². The van der Waals surface area contributed by atoms with Crippen LogP contribution in [0.15, 0.2) is 24.3 Å². The molecule has 10 heteroatoms. The highest BCUT2D eigenvalue weighted by atomic mass is 32.2. The summed E-state index contributed by atoms with van der Waals surface area (Å²) in [5.41, 5.74) is -1.69. The van der Waals surface area contributed by atoms with Crippen molar-refractivity contribution in [1.82, 2.24) is 4.72 Å². The molecular weight excluding hydrogens is 453 g/mol. The maximum absolute atomic E-state index is 15.1. The van der Waals surface area contributed by atoms with Gasteiger partial charge in [0.05, 0.1) is 18.0 Å². The van der Waals surface area contributed by atoms with Crippen molar-refractivity contribution in [1.29, 1.82) is 0 Å². The maximum Gasteiger partial charge on any atom is 0.419 e. The number of nitrogens with one attached hydrogen (secondary N) is 1. The molecular formula is C22H24F5NO3S. The average Bonchev–Trinajstić information content (AvgIpc) is 2.63. The number of carboxylic acid groups (broad SMARTS) is 1. The van der Waals surface area contributed by atoms with Gasteiger partial charge in [-0.1, -0.05) is 6.07 Å². The summed E-state index contributed by atoms with van der Waals surface area (Å²) in [6, 6.07) is 2.66. The molecule has 4 nitrogen and oxygen atoms in total. The number of alkyl halides is 3. The first-order chi connectivity index (χ1) is 14.5. The first-order valence-electron chi connectivity index (χ1n) is 9.60. The lowest BCUT2D eigenvalue weighted by molar-refractivity contribution is -0.140. The van der Waals surface area contributed by atoms with E-state index < -0.39 is 63.5 Å². The van der Waals surface area contributed by atoms with Crippen LogP contribution in [0.2, 0.25) is 0 Å². The van der Waals surface area contributed by atoms with Crippen molar-refractivity contribution in [3.05, 3.63) is 58.2 Å². The fourth-order valence-electron chi connectivity index (χ4n) is 3.21. The minimum absolute atomic E-state index is 0.0664. The molecule has 0 radical (unpaired) electrons. The third-order valence-electron chi connectivity index (χ3n) is 4.86. The predicted octanol–water partition coefficient (Wildman–Crippen LogP) is 5.84. The van der Waals surface area contributed by atoms with Crippen molar-refractivity contribution in [3.63, 3.8) is 0 Å². The lowest BCUT2D eigenvalue weighted by Gasteiger charge is -2.28. The minimum atomic E-state index is -5.10. The standard InChI is InChI=1S/C22H24F5NO3S/c1-11-6-7-16(23)12(2)19(11)13-8-14(20(24)15(9-13)22(25,26)27)17(10-18(29)30)28-32(31)21(3,4)5/h6-9,17,28H,10H2,1-5H3,(H,29,30). The Morgan fingerprint density at radius 3 is 2.25 bits per heavy atom.